The zero-order valence-electron chi connectivity index (χ0n) is 12.9. The fourth-order valence-electron chi connectivity index (χ4n) is 2.51. The third kappa shape index (κ3) is 6.79. The monoisotopic (exact) mass is 369 g/mol. The van der Waals surface area contributed by atoms with Crippen molar-refractivity contribution < 1.29 is 14.3 Å². The first-order valence-electron chi connectivity index (χ1n) is 8.01. The number of ether oxygens (including phenoxy) is 2. The van der Waals surface area contributed by atoms with Gasteiger partial charge in [0, 0.05) is 17.6 Å². The Morgan fingerprint density at radius 2 is 1.91 bits per heavy atom. The van der Waals surface area contributed by atoms with Gasteiger partial charge in [-0.15, -0.1) is 0 Å². The second-order valence-electron chi connectivity index (χ2n) is 5.58. The number of hydrogen-bond acceptors (Lipinski definition) is 3. The molecule has 0 spiro atoms. The minimum atomic E-state index is -0.0967. The normalized spacial score (nSPS) is 15.5. The number of halogens is 1. The number of carbonyl (C=O) groups is 1. The van der Waals surface area contributed by atoms with Gasteiger partial charge < -0.3 is 14.8 Å². The van der Waals surface area contributed by atoms with Crippen molar-refractivity contribution in [2.24, 2.45) is 0 Å². The van der Waals surface area contributed by atoms with E-state index in [1.807, 2.05) is 24.3 Å². The van der Waals surface area contributed by atoms with Gasteiger partial charge in [-0.25, -0.2) is 0 Å². The van der Waals surface area contributed by atoms with Gasteiger partial charge in [0.05, 0.1) is 6.10 Å². The highest BCUT2D eigenvalue weighted by molar-refractivity contribution is 9.10. The number of hydrogen-bond donors (Lipinski definition) is 1. The quantitative estimate of drug-likeness (QED) is 0.710. The van der Waals surface area contributed by atoms with Gasteiger partial charge in [0.15, 0.2) is 6.61 Å². The lowest BCUT2D eigenvalue weighted by atomic mass is 9.98. The molecule has 1 aromatic carbocycles. The lowest BCUT2D eigenvalue weighted by Gasteiger charge is -2.21. The highest BCUT2D eigenvalue weighted by atomic mass is 79.9. The molecule has 0 saturated heterocycles. The molecule has 0 aliphatic heterocycles. The Hall–Kier alpha value is -1.07. The Morgan fingerprint density at radius 3 is 2.64 bits per heavy atom. The van der Waals surface area contributed by atoms with Crippen LogP contribution >= 0.6 is 15.9 Å². The molecule has 1 fully saturated rings. The van der Waals surface area contributed by atoms with E-state index in [0.29, 0.717) is 18.4 Å². The maximum absolute atomic E-state index is 11.7. The van der Waals surface area contributed by atoms with E-state index < -0.39 is 0 Å². The van der Waals surface area contributed by atoms with E-state index in [-0.39, 0.29) is 12.5 Å². The predicted octanol–water partition coefficient (Wildman–Crippen LogP) is 3.68. The summed E-state index contributed by atoms with van der Waals surface area (Å²) >= 11 is 3.36. The minimum Gasteiger partial charge on any atom is -0.484 e. The van der Waals surface area contributed by atoms with E-state index in [1.54, 1.807) is 0 Å². The zero-order chi connectivity index (χ0) is 15.6. The molecule has 0 aromatic heterocycles. The van der Waals surface area contributed by atoms with Crippen molar-refractivity contribution in [1.82, 2.24) is 5.32 Å². The van der Waals surface area contributed by atoms with Crippen LogP contribution in [-0.2, 0) is 9.53 Å². The van der Waals surface area contributed by atoms with E-state index >= 15 is 0 Å². The standard InChI is InChI=1S/C17H24BrNO3/c18-14-7-9-16(10-8-14)22-13-17(20)19-11-4-12-21-15-5-2-1-3-6-15/h7-10,15H,1-6,11-13H2,(H,19,20). The topological polar surface area (TPSA) is 47.6 Å². The average molecular weight is 370 g/mol. The van der Waals surface area contributed by atoms with Crippen LogP contribution in [0, 0.1) is 0 Å². The maximum atomic E-state index is 11.7. The Morgan fingerprint density at radius 1 is 1.18 bits per heavy atom. The fourth-order valence-corrected chi connectivity index (χ4v) is 2.78. The summed E-state index contributed by atoms with van der Waals surface area (Å²) in [4.78, 5) is 11.7. The summed E-state index contributed by atoms with van der Waals surface area (Å²) in [5.41, 5.74) is 0. The summed E-state index contributed by atoms with van der Waals surface area (Å²) in [6.07, 6.45) is 7.57. The molecule has 1 amide bonds. The first kappa shape index (κ1) is 17.3. The number of benzene rings is 1. The van der Waals surface area contributed by atoms with Crippen molar-refractivity contribution in [2.45, 2.75) is 44.6 Å². The molecule has 1 aliphatic carbocycles. The molecular weight excluding hydrogens is 346 g/mol. The van der Waals surface area contributed by atoms with Crippen LogP contribution in [0.15, 0.2) is 28.7 Å². The number of amides is 1. The maximum Gasteiger partial charge on any atom is 0.257 e. The molecule has 1 aromatic rings. The van der Waals surface area contributed by atoms with Crippen LogP contribution < -0.4 is 10.1 Å². The van der Waals surface area contributed by atoms with Crippen molar-refractivity contribution in [3.63, 3.8) is 0 Å². The third-order valence-corrected chi connectivity index (χ3v) is 4.26. The van der Waals surface area contributed by atoms with E-state index in [2.05, 4.69) is 21.2 Å². The van der Waals surface area contributed by atoms with Crippen LogP contribution in [-0.4, -0.2) is 31.8 Å². The van der Waals surface area contributed by atoms with Gasteiger partial charge in [0.2, 0.25) is 0 Å². The zero-order valence-corrected chi connectivity index (χ0v) is 14.4. The summed E-state index contributed by atoms with van der Waals surface area (Å²) in [5.74, 6) is 0.597. The van der Waals surface area contributed by atoms with Crippen molar-refractivity contribution in [1.29, 1.82) is 0 Å². The van der Waals surface area contributed by atoms with Crippen molar-refractivity contribution in [3.8, 4) is 5.75 Å². The lowest BCUT2D eigenvalue weighted by Crippen LogP contribution is -2.30. The Labute approximate surface area is 140 Å². The highest BCUT2D eigenvalue weighted by Crippen LogP contribution is 2.20. The third-order valence-electron chi connectivity index (χ3n) is 3.73. The lowest BCUT2D eigenvalue weighted by molar-refractivity contribution is -0.123. The van der Waals surface area contributed by atoms with Crippen LogP contribution in [0.4, 0.5) is 0 Å². The Bertz CT molecular complexity index is 444. The molecule has 122 valence electrons. The molecule has 22 heavy (non-hydrogen) atoms. The molecule has 2 rings (SSSR count). The number of rotatable bonds is 8. The summed E-state index contributed by atoms with van der Waals surface area (Å²) in [6.45, 7) is 1.40. The number of carbonyl (C=O) groups excluding carboxylic acids is 1. The largest absolute Gasteiger partial charge is 0.484 e. The van der Waals surface area contributed by atoms with Gasteiger partial charge in [-0.05, 0) is 43.5 Å². The van der Waals surface area contributed by atoms with E-state index in [9.17, 15) is 4.79 Å². The van der Waals surface area contributed by atoms with Crippen molar-refractivity contribution in [2.75, 3.05) is 19.8 Å². The first-order chi connectivity index (χ1) is 10.7. The predicted molar refractivity (Wildman–Crippen MR) is 90.1 cm³/mol. The van der Waals surface area contributed by atoms with Crippen LogP contribution in [0.1, 0.15) is 38.5 Å². The molecule has 0 unspecified atom stereocenters. The van der Waals surface area contributed by atoms with Gasteiger partial charge in [0.25, 0.3) is 5.91 Å². The smallest absolute Gasteiger partial charge is 0.257 e. The molecule has 0 radical (unpaired) electrons. The molecule has 1 aliphatic rings. The summed E-state index contributed by atoms with van der Waals surface area (Å²) in [6, 6.07) is 7.43. The average Bonchev–Trinajstić information content (AvgIpc) is 2.55. The fraction of sp³-hybridized carbons (Fsp3) is 0.588. The first-order valence-corrected chi connectivity index (χ1v) is 8.80. The summed E-state index contributed by atoms with van der Waals surface area (Å²) in [7, 11) is 0. The molecule has 4 nitrogen and oxygen atoms in total. The molecule has 0 atom stereocenters. The molecular formula is C17H24BrNO3. The molecule has 1 saturated carbocycles. The van der Waals surface area contributed by atoms with Crippen LogP contribution in [0.25, 0.3) is 0 Å². The second-order valence-corrected chi connectivity index (χ2v) is 6.49. The van der Waals surface area contributed by atoms with Crippen molar-refractivity contribution in [3.05, 3.63) is 28.7 Å². The van der Waals surface area contributed by atoms with Crippen LogP contribution in [0.2, 0.25) is 0 Å². The van der Waals surface area contributed by atoms with E-state index in [1.165, 1.54) is 32.1 Å². The molecule has 5 heteroatoms. The van der Waals surface area contributed by atoms with Gasteiger partial charge >= 0.3 is 0 Å². The number of nitrogens with one attached hydrogen (secondary N) is 1. The molecule has 1 N–H and O–H groups in total. The molecule has 0 heterocycles. The minimum absolute atomic E-state index is 0.0467. The highest BCUT2D eigenvalue weighted by Gasteiger charge is 2.13. The summed E-state index contributed by atoms with van der Waals surface area (Å²) < 4.78 is 12.2. The Balaban J connectivity index is 1.49. The van der Waals surface area contributed by atoms with Gasteiger partial charge in [-0.1, -0.05) is 35.2 Å². The second kappa shape index (κ2) is 9.85. The van der Waals surface area contributed by atoms with Gasteiger partial charge in [0.1, 0.15) is 5.75 Å². The van der Waals surface area contributed by atoms with Crippen LogP contribution in [0.3, 0.4) is 0 Å². The SMILES string of the molecule is O=C(COc1ccc(Br)cc1)NCCCOC1CCCCC1. The van der Waals surface area contributed by atoms with Gasteiger partial charge in [-0.2, -0.15) is 0 Å². The van der Waals surface area contributed by atoms with Crippen molar-refractivity contribution >= 4 is 21.8 Å². The van der Waals surface area contributed by atoms with E-state index in [4.69, 9.17) is 9.47 Å². The van der Waals surface area contributed by atoms with Crippen LogP contribution in [0.5, 0.6) is 5.75 Å². The molecule has 0 bridgehead atoms. The summed E-state index contributed by atoms with van der Waals surface area (Å²) in [5, 5.41) is 2.85. The van der Waals surface area contributed by atoms with E-state index in [0.717, 1.165) is 17.5 Å². The van der Waals surface area contributed by atoms with Gasteiger partial charge in [-0.3, -0.25) is 4.79 Å². The Kier molecular flexibility index (Phi) is 7.74.